The van der Waals surface area contributed by atoms with Crippen LogP contribution in [-0.4, -0.2) is 48.8 Å². The number of carbonyl (C=O) groups is 1. The average Bonchev–Trinajstić information content (AvgIpc) is 2.50. The lowest BCUT2D eigenvalue weighted by atomic mass is 10.1. The SMILES string of the molecule is CCCCN(CCO)C(=O)c1cccc2c1OCCN2. The van der Waals surface area contributed by atoms with Crippen LogP contribution < -0.4 is 10.1 Å². The molecule has 1 aromatic rings. The predicted octanol–water partition coefficient (Wildman–Crippen LogP) is 1.73. The van der Waals surface area contributed by atoms with Crippen molar-refractivity contribution in [1.29, 1.82) is 0 Å². The Kier molecular flexibility index (Phi) is 5.24. The fourth-order valence-corrected chi connectivity index (χ4v) is 2.29. The maximum Gasteiger partial charge on any atom is 0.257 e. The Morgan fingerprint density at radius 3 is 3.05 bits per heavy atom. The van der Waals surface area contributed by atoms with Crippen molar-refractivity contribution in [2.24, 2.45) is 0 Å². The van der Waals surface area contributed by atoms with Crippen LogP contribution in [0.3, 0.4) is 0 Å². The third-order valence-corrected chi connectivity index (χ3v) is 3.35. The molecule has 1 aliphatic heterocycles. The number of nitrogens with zero attached hydrogens (tertiary/aromatic N) is 1. The molecule has 2 N–H and O–H groups in total. The molecular weight excluding hydrogens is 256 g/mol. The normalized spacial score (nSPS) is 13.1. The van der Waals surface area contributed by atoms with E-state index in [1.165, 1.54) is 0 Å². The second kappa shape index (κ2) is 7.14. The number of carbonyl (C=O) groups excluding carboxylic acids is 1. The fourth-order valence-electron chi connectivity index (χ4n) is 2.29. The summed E-state index contributed by atoms with van der Waals surface area (Å²) in [6.07, 6.45) is 1.94. The quantitative estimate of drug-likeness (QED) is 0.832. The molecule has 1 heterocycles. The lowest BCUT2D eigenvalue weighted by molar-refractivity contribution is 0.0715. The standard InChI is InChI=1S/C15H22N2O3/c1-2-3-8-17(9-10-18)15(19)12-5-4-6-13-14(12)20-11-7-16-13/h4-6,16,18H,2-3,7-11H2,1H3. The summed E-state index contributed by atoms with van der Waals surface area (Å²) >= 11 is 0. The third-order valence-electron chi connectivity index (χ3n) is 3.35. The number of amides is 1. The molecule has 5 nitrogen and oxygen atoms in total. The van der Waals surface area contributed by atoms with E-state index in [0.29, 0.717) is 31.0 Å². The van der Waals surface area contributed by atoms with Crippen molar-refractivity contribution < 1.29 is 14.6 Å². The van der Waals surface area contributed by atoms with Crippen LogP contribution in [0.1, 0.15) is 30.1 Å². The van der Waals surface area contributed by atoms with E-state index in [1.54, 1.807) is 11.0 Å². The summed E-state index contributed by atoms with van der Waals surface area (Å²) in [5.41, 5.74) is 1.43. The number of hydrogen-bond acceptors (Lipinski definition) is 4. The Morgan fingerprint density at radius 1 is 1.45 bits per heavy atom. The lowest BCUT2D eigenvalue weighted by Crippen LogP contribution is -2.35. The maximum atomic E-state index is 12.6. The van der Waals surface area contributed by atoms with Gasteiger partial charge in [0.25, 0.3) is 5.91 Å². The van der Waals surface area contributed by atoms with Crippen LogP contribution in [0, 0.1) is 0 Å². The number of anilines is 1. The van der Waals surface area contributed by atoms with Gasteiger partial charge in [-0.05, 0) is 18.6 Å². The molecule has 20 heavy (non-hydrogen) atoms. The monoisotopic (exact) mass is 278 g/mol. The molecule has 0 saturated carbocycles. The second-order valence-electron chi connectivity index (χ2n) is 4.83. The number of ether oxygens (including phenoxy) is 1. The summed E-state index contributed by atoms with van der Waals surface area (Å²) in [5, 5.41) is 12.4. The molecular formula is C15H22N2O3. The minimum Gasteiger partial charge on any atom is -0.489 e. The van der Waals surface area contributed by atoms with E-state index in [1.807, 2.05) is 12.1 Å². The Balaban J connectivity index is 2.22. The predicted molar refractivity (Wildman–Crippen MR) is 78.3 cm³/mol. The van der Waals surface area contributed by atoms with E-state index in [9.17, 15) is 4.79 Å². The van der Waals surface area contributed by atoms with Gasteiger partial charge in [-0.3, -0.25) is 4.79 Å². The fraction of sp³-hybridized carbons (Fsp3) is 0.533. The number of unbranched alkanes of at least 4 members (excludes halogenated alkanes) is 1. The molecule has 2 rings (SSSR count). The summed E-state index contributed by atoms with van der Waals surface area (Å²) in [7, 11) is 0. The van der Waals surface area contributed by atoms with E-state index in [4.69, 9.17) is 9.84 Å². The Morgan fingerprint density at radius 2 is 2.30 bits per heavy atom. The van der Waals surface area contributed by atoms with Gasteiger partial charge in [-0.15, -0.1) is 0 Å². The van der Waals surface area contributed by atoms with Crippen molar-refractivity contribution in [2.45, 2.75) is 19.8 Å². The highest BCUT2D eigenvalue weighted by Gasteiger charge is 2.22. The van der Waals surface area contributed by atoms with Gasteiger partial charge in [0, 0.05) is 19.6 Å². The van der Waals surface area contributed by atoms with E-state index in [2.05, 4.69) is 12.2 Å². The molecule has 0 spiro atoms. The van der Waals surface area contributed by atoms with Crippen LogP contribution in [0.25, 0.3) is 0 Å². The second-order valence-corrected chi connectivity index (χ2v) is 4.83. The van der Waals surface area contributed by atoms with E-state index >= 15 is 0 Å². The Hall–Kier alpha value is -1.75. The van der Waals surface area contributed by atoms with Crippen LogP contribution in [0.5, 0.6) is 5.75 Å². The zero-order valence-corrected chi connectivity index (χ0v) is 11.9. The number of para-hydroxylation sites is 1. The number of aliphatic hydroxyl groups excluding tert-OH is 1. The Bertz CT molecular complexity index is 462. The molecule has 5 heteroatoms. The van der Waals surface area contributed by atoms with Crippen molar-refractivity contribution in [3.63, 3.8) is 0 Å². The van der Waals surface area contributed by atoms with E-state index in [-0.39, 0.29) is 12.5 Å². The zero-order valence-electron chi connectivity index (χ0n) is 11.9. The highest BCUT2D eigenvalue weighted by Crippen LogP contribution is 2.32. The van der Waals surface area contributed by atoms with Gasteiger partial charge in [0.05, 0.1) is 17.9 Å². The molecule has 0 bridgehead atoms. The minimum atomic E-state index is -0.0759. The van der Waals surface area contributed by atoms with E-state index < -0.39 is 0 Å². The summed E-state index contributed by atoms with van der Waals surface area (Å²) in [6, 6.07) is 5.54. The minimum absolute atomic E-state index is 0.0242. The first kappa shape index (κ1) is 14.7. The van der Waals surface area contributed by atoms with Gasteiger partial charge >= 0.3 is 0 Å². The number of aliphatic hydroxyl groups is 1. The molecule has 0 aliphatic carbocycles. The van der Waals surface area contributed by atoms with Crippen molar-refractivity contribution in [3.8, 4) is 5.75 Å². The number of rotatable bonds is 6. The summed E-state index contributed by atoms with van der Waals surface area (Å²) in [5.74, 6) is 0.552. The van der Waals surface area contributed by atoms with Crippen molar-refractivity contribution in [2.75, 3.05) is 38.2 Å². The van der Waals surface area contributed by atoms with E-state index in [0.717, 1.165) is 25.1 Å². The van der Waals surface area contributed by atoms with Gasteiger partial charge < -0.3 is 20.1 Å². The van der Waals surface area contributed by atoms with Gasteiger partial charge in [0.1, 0.15) is 6.61 Å². The van der Waals surface area contributed by atoms with Crippen LogP contribution in [0.4, 0.5) is 5.69 Å². The van der Waals surface area contributed by atoms with Gasteiger partial charge in [0.15, 0.2) is 5.75 Å². The summed E-state index contributed by atoms with van der Waals surface area (Å²) < 4.78 is 5.64. The van der Waals surface area contributed by atoms with Gasteiger partial charge in [-0.25, -0.2) is 0 Å². The first-order valence-corrected chi connectivity index (χ1v) is 7.17. The Labute approximate surface area is 119 Å². The molecule has 0 aromatic heterocycles. The smallest absolute Gasteiger partial charge is 0.257 e. The van der Waals surface area contributed by atoms with Crippen LogP contribution in [-0.2, 0) is 0 Å². The first-order chi connectivity index (χ1) is 9.77. The molecule has 0 fully saturated rings. The first-order valence-electron chi connectivity index (χ1n) is 7.17. The van der Waals surface area contributed by atoms with Gasteiger partial charge in [0.2, 0.25) is 0 Å². The largest absolute Gasteiger partial charge is 0.489 e. The molecule has 1 aliphatic rings. The van der Waals surface area contributed by atoms with Gasteiger partial charge in [-0.1, -0.05) is 19.4 Å². The van der Waals surface area contributed by atoms with Crippen molar-refractivity contribution >= 4 is 11.6 Å². The molecule has 1 amide bonds. The highest BCUT2D eigenvalue weighted by molar-refractivity contribution is 5.99. The molecule has 110 valence electrons. The average molecular weight is 278 g/mol. The molecule has 0 saturated heterocycles. The molecule has 1 aromatic carbocycles. The molecule has 0 radical (unpaired) electrons. The number of fused-ring (bicyclic) bond motifs is 1. The van der Waals surface area contributed by atoms with Crippen molar-refractivity contribution in [1.82, 2.24) is 4.90 Å². The lowest BCUT2D eigenvalue weighted by Gasteiger charge is -2.25. The maximum absolute atomic E-state index is 12.6. The summed E-state index contributed by atoms with van der Waals surface area (Å²) in [4.78, 5) is 14.3. The van der Waals surface area contributed by atoms with Crippen LogP contribution in [0.2, 0.25) is 0 Å². The molecule has 0 unspecified atom stereocenters. The van der Waals surface area contributed by atoms with Crippen LogP contribution >= 0.6 is 0 Å². The summed E-state index contributed by atoms with van der Waals surface area (Å²) in [6.45, 7) is 4.39. The highest BCUT2D eigenvalue weighted by atomic mass is 16.5. The number of nitrogens with one attached hydrogen (secondary N) is 1. The molecule has 0 atom stereocenters. The number of benzene rings is 1. The van der Waals surface area contributed by atoms with Crippen molar-refractivity contribution in [3.05, 3.63) is 23.8 Å². The number of hydrogen-bond donors (Lipinski definition) is 2. The van der Waals surface area contributed by atoms with Gasteiger partial charge in [-0.2, -0.15) is 0 Å². The zero-order chi connectivity index (χ0) is 14.4. The topological polar surface area (TPSA) is 61.8 Å². The van der Waals surface area contributed by atoms with Crippen LogP contribution in [0.15, 0.2) is 18.2 Å². The third kappa shape index (κ3) is 3.22.